The van der Waals surface area contributed by atoms with Gasteiger partial charge in [-0.15, -0.1) is 0 Å². The van der Waals surface area contributed by atoms with Crippen molar-refractivity contribution in [3.63, 3.8) is 0 Å². The molecule has 4 N–H and O–H groups in total. The van der Waals surface area contributed by atoms with Gasteiger partial charge in [-0.1, -0.05) is 19.3 Å². The molecule has 1 aromatic rings. The summed E-state index contributed by atoms with van der Waals surface area (Å²) < 4.78 is 27.0. The SMILES string of the molecule is Nc1ncccc1S(=O)(=O)NC1CCCCCC1O. The number of nitrogens with one attached hydrogen (secondary N) is 1. The summed E-state index contributed by atoms with van der Waals surface area (Å²) in [4.78, 5) is 3.74. The smallest absolute Gasteiger partial charge is 0.244 e. The van der Waals surface area contributed by atoms with Gasteiger partial charge in [-0.05, 0) is 25.0 Å². The molecule has 1 aromatic heterocycles. The topological polar surface area (TPSA) is 105 Å². The predicted octanol–water partition coefficient (Wildman–Crippen LogP) is 0.636. The molecule has 0 radical (unpaired) electrons. The monoisotopic (exact) mass is 285 g/mol. The van der Waals surface area contributed by atoms with E-state index in [2.05, 4.69) is 9.71 Å². The first kappa shape index (κ1) is 14.2. The Bertz CT molecular complexity index is 533. The molecule has 0 bridgehead atoms. The van der Waals surface area contributed by atoms with Crippen molar-refractivity contribution in [3.05, 3.63) is 18.3 Å². The van der Waals surface area contributed by atoms with Crippen LogP contribution in [0, 0.1) is 0 Å². The van der Waals surface area contributed by atoms with Crippen LogP contribution in [0.4, 0.5) is 5.82 Å². The normalized spacial score (nSPS) is 24.9. The maximum absolute atomic E-state index is 12.2. The molecule has 0 aliphatic heterocycles. The fourth-order valence-corrected chi connectivity index (χ4v) is 3.70. The Balaban J connectivity index is 2.19. The van der Waals surface area contributed by atoms with Gasteiger partial charge in [0, 0.05) is 12.2 Å². The largest absolute Gasteiger partial charge is 0.391 e. The zero-order valence-electron chi connectivity index (χ0n) is 10.6. The Morgan fingerprint density at radius 3 is 2.79 bits per heavy atom. The van der Waals surface area contributed by atoms with E-state index in [1.807, 2.05) is 0 Å². The summed E-state index contributed by atoms with van der Waals surface area (Å²) in [7, 11) is -3.74. The third-order valence-corrected chi connectivity index (χ3v) is 4.91. The van der Waals surface area contributed by atoms with Crippen LogP contribution in [0.5, 0.6) is 0 Å². The number of aliphatic hydroxyl groups is 1. The second-order valence-corrected chi connectivity index (χ2v) is 6.50. The van der Waals surface area contributed by atoms with Gasteiger partial charge in [-0.25, -0.2) is 18.1 Å². The summed E-state index contributed by atoms with van der Waals surface area (Å²) in [5, 5.41) is 9.95. The number of nitrogens with two attached hydrogens (primary N) is 1. The molecular weight excluding hydrogens is 266 g/mol. The van der Waals surface area contributed by atoms with Gasteiger partial charge in [0.25, 0.3) is 0 Å². The standard InChI is InChI=1S/C12H19N3O3S/c13-12-11(7-4-8-14-12)19(17,18)15-9-5-2-1-3-6-10(9)16/h4,7-10,15-16H,1-3,5-6H2,(H2,13,14). The third kappa shape index (κ3) is 3.43. The third-order valence-electron chi connectivity index (χ3n) is 3.38. The summed E-state index contributed by atoms with van der Waals surface area (Å²) >= 11 is 0. The Kier molecular flexibility index (Phi) is 4.38. The molecular formula is C12H19N3O3S. The molecule has 1 saturated carbocycles. The van der Waals surface area contributed by atoms with Crippen LogP contribution in [0.25, 0.3) is 0 Å². The second kappa shape index (κ2) is 5.85. The van der Waals surface area contributed by atoms with Gasteiger partial charge in [0.15, 0.2) is 0 Å². The molecule has 1 heterocycles. The van der Waals surface area contributed by atoms with E-state index >= 15 is 0 Å². The van der Waals surface area contributed by atoms with Gasteiger partial charge in [0.2, 0.25) is 10.0 Å². The molecule has 1 fully saturated rings. The van der Waals surface area contributed by atoms with Gasteiger partial charge in [-0.3, -0.25) is 0 Å². The van der Waals surface area contributed by atoms with Crippen LogP contribution in [0.3, 0.4) is 0 Å². The molecule has 1 aliphatic rings. The lowest BCUT2D eigenvalue weighted by atomic mass is 10.1. The second-order valence-electron chi connectivity index (χ2n) is 4.82. The number of nitrogen functional groups attached to an aromatic ring is 1. The van der Waals surface area contributed by atoms with Crippen LogP contribution >= 0.6 is 0 Å². The number of hydrogen-bond donors (Lipinski definition) is 3. The molecule has 1 aliphatic carbocycles. The zero-order valence-corrected chi connectivity index (χ0v) is 11.4. The summed E-state index contributed by atoms with van der Waals surface area (Å²) in [6.07, 6.45) is 4.91. The van der Waals surface area contributed by atoms with E-state index in [1.54, 1.807) is 0 Å². The molecule has 2 atom stereocenters. The molecule has 0 aromatic carbocycles. The van der Waals surface area contributed by atoms with Crippen LogP contribution in [0.2, 0.25) is 0 Å². The van der Waals surface area contributed by atoms with Crippen molar-refractivity contribution < 1.29 is 13.5 Å². The molecule has 106 valence electrons. The van der Waals surface area contributed by atoms with Crippen molar-refractivity contribution in [1.82, 2.24) is 9.71 Å². The Morgan fingerprint density at radius 2 is 2.05 bits per heavy atom. The van der Waals surface area contributed by atoms with Crippen LogP contribution < -0.4 is 10.5 Å². The lowest BCUT2D eigenvalue weighted by molar-refractivity contribution is 0.130. The van der Waals surface area contributed by atoms with E-state index in [9.17, 15) is 13.5 Å². The molecule has 0 spiro atoms. The number of pyridine rings is 1. The van der Waals surface area contributed by atoms with Gasteiger partial charge in [-0.2, -0.15) is 0 Å². The first-order valence-electron chi connectivity index (χ1n) is 6.41. The highest BCUT2D eigenvalue weighted by atomic mass is 32.2. The van der Waals surface area contributed by atoms with Crippen LogP contribution in [0.15, 0.2) is 23.2 Å². The van der Waals surface area contributed by atoms with Crippen molar-refractivity contribution >= 4 is 15.8 Å². The van der Waals surface area contributed by atoms with Crippen LogP contribution in [0.1, 0.15) is 32.1 Å². The number of nitrogens with zero attached hydrogens (tertiary/aromatic N) is 1. The lowest BCUT2D eigenvalue weighted by Gasteiger charge is -2.21. The molecule has 19 heavy (non-hydrogen) atoms. The van der Waals surface area contributed by atoms with E-state index in [0.717, 1.165) is 19.3 Å². The Labute approximate surface area is 113 Å². The maximum Gasteiger partial charge on any atom is 0.244 e. The minimum atomic E-state index is -3.74. The van der Waals surface area contributed by atoms with Crippen LogP contribution in [-0.2, 0) is 10.0 Å². The van der Waals surface area contributed by atoms with Crippen molar-refractivity contribution in [3.8, 4) is 0 Å². The highest BCUT2D eigenvalue weighted by molar-refractivity contribution is 7.89. The first-order valence-corrected chi connectivity index (χ1v) is 7.90. The minimum absolute atomic E-state index is 0.0295. The number of aromatic nitrogens is 1. The van der Waals surface area contributed by atoms with Crippen LogP contribution in [-0.4, -0.2) is 30.7 Å². The van der Waals surface area contributed by atoms with Gasteiger partial charge in [0.1, 0.15) is 10.7 Å². The van der Waals surface area contributed by atoms with Crippen molar-refractivity contribution in [1.29, 1.82) is 0 Å². The average Bonchev–Trinajstić information content (AvgIpc) is 2.55. The fourth-order valence-electron chi connectivity index (χ4n) is 2.32. The Hall–Kier alpha value is -1.18. The average molecular weight is 285 g/mol. The van der Waals surface area contributed by atoms with Gasteiger partial charge in [0.05, 0.1) is 6.10 Å². The maximum atomic E-state index is 12.2. The molecule has 6 nitrogen and oxygen atoms in total. The van der Waals surface area contributed by atoms with Crippen molar-refractivity contribution in [2.75, 3.05) is 5.73 Å². The highest BCUT2D eigenvalue weighted by Gasteiger charge is 2.28. The van der Waals surface area contributed by atoms with Gasteiger partial charge < -0.3 is 10.8 Å². The summed E-state index contributed by atoms with van der Waals surface area (Å²) in [5.41, 5.74) is 5.58. The number of sulfonamides is 1. The molecule has 0 amide bonds. The highest BCUT2D eigenvalue weighted by Crippen LogP contribution is 2.21. The number of hydrogen-bond acceptors (Lipinski definition) is 5. The van der Waals surface area contributed by atoms with E-state index in [0.29, 0.717) is 12.8 Å². The summed E-state index contributed by atoms with van der Waals surface area (Å²) in [6, 6.07) is 2.48. The summed E-state index contributed by atoms with van der Waals surface area (Å²) in [5.74, 6) is -0.0295. The number of anilines is 1. The first-order chi connectivity index (χ1) is 9.00. The van der Waals surface area contributed by atoms with E-state index in [1.165, 1.54) is 18.3 Å². The quantitative estimate of drug-likeness (QED) is 0.707. The van der Waals surface area contributed by atoms with E-state index in [4.69, 9.17) is 5.73 Å². The summed E-state index contributed by atoms with van der Waals surface area (Å²) in [6.45, 7) is 0. The van der Waals surface area contributed by atoms with Gasteiger partial charge >= 0.3 is 0 Å². The predicted molar refractivity (Wildman–Crippen MR) is 71.9 cm³/mol. The molecule has 2 rings (SSSR count). The molecule has 0 saturated heterocycles. The van der Waals surface area contributed by atoms with Crippen molar-refractivity contribution in [2.45, 2.75) is 49.1 Å². The lowest BCUT2D eigenvalue weighted by Crippen LogP contribution is -2.42. The molecule has 7 heteroatoms. The zero-order chi connectivity index (χ0) is 13.9. The fraction of sp³-hybridized carbons (Fsp3) is 0.583. The molecule has 2 unspecified atom stereocenters. The number of rotatable bonds is 3. The van der Waals surface area contributed by atoms with Crippen molar-refractivity contribution in [2.24, 2.45) is 0 Å². The van der Waals surface area contributed by atoms with E-state index < -0.39 is 22.2 Å². The Morgan fingerprint density at radius 1 is 1.32 bits per heavy atom. The van der Waals surface area contributed by atoms with E-state index in [-0.39, 0.29) is 10.7 Å². The number of aliphatic hydroxyl groups excluding tert-OH is 1. The minimum Gasteiger partial charge on any atom is -0.391 e.